The topological polar surface area (TPSA) is 46.6 Å². The van der Waals surface area contributed by atoms with Crippen LogP contribution in [0.25, 0.3) is 0 Å². The van der Waals surface area contributed by atoms with Crippen LogP contribution in [0.2, 0.25) is 0 Å². The normalized spacial score (nSPS) is 14.2. The molecule has 0 bridgehead atoms. The van der Waals surface area contributed by atoms with E-state index < -0.39 is 0 Å². The van der Waals surface area contributed by atoms with E-state index in [1.54, 1.807) is 11.0 Å². The molecule has 2 rings (SSSR count). The number of rotatable bonds is 4. The minimum Gasteiger partial charge on any atom is -0.469 e. The van der Waals surface area contributed by atoms with Gasteiger partial charge in [-0.25, -0.2) is 4.39 Å². The van der Waals surface area contributed by atoms with Crippen molar-refractivity contribution in [2.75, 3.05) is 18.6 Å². The second-order valence-corrected chi connectivity index (χ2v) is 4.50. The highest BCUT2D eigenvalue weighted by Gasteiger charge is 2.24. The van der Waals surface area contributed by atoms with Gasteiger partial charge in [0.05, 0.1) is 7.11 Å². The Balaban J connectivity index is 2.08. The van der Waals surface area contributed by atoms with E-state index >= 15 is 0 Å². The number of hydrogen-bond donors (Lipinski definition) is 0. The fraction of sp³-hybridized carbons (Fsp3) is 0.429. The van der Waals surface area contributed by atoms with Gasteiger partial charge in [0.25, 0.3) is 0 Å². The summed E-state index contributed by atoms with van der Waals surface area (Å²) in [4.78, 5) is 24.6. The Morgan fingerprint density at radius 1 is 1.42 bits per heavy atom. The zero-order valence-electron chi connectivity index (χ0n) is 10.8. The lowest BCUT2D eigenvalue weighted by Crippen LogP contribution is -2.36. The van der Waals surface area contributed by atoms with Gasteiger partial charge in [0.2, 0.25) is 5.91 Å². The van der Waals surface area contributed by atoms with Crippen molar-refractivity contribution >= 4 is 17.6 Å². The van der Waals surface area contributed by atoms with Crippen molar-refractivity contribution in [2.45, 2.75) is 25.7 Å². The maximum Gasteiger partial charge on any atom is 0.305 e. The smallest absolute Gasteiger partial charge is 0.305 e. The van der Waals surface area contributed by atoms with Crippen LogP contribution in [0.4, 0.5) is 10.1 Å². The van der Waals surface area contributed by atoms with E-state index in [0.29, 0.717) is 25.8 Å². The zero-order valence-corrected chi connectivity index (χ0v) is 10.8. The lowest BCUT2D eigenvalue weighted by molar-refractivity contribution is -0.140. The number of ether oxygens (including phenoxy) is 1. The Kier molecular flexibility index (Phi) is 4.14. The van der Waals surface area contributed by atoms with E-state index in [4.69, 9.17) is 0 Å². The number of anilines is 1. The van der Waals surface area contributed by atoms with Crippen molar-refractivity contribution in [1.29, 1.82) is 0 Å². The summed E-state index contributed by atoms with van der Waals surface area (Å²) in [7, 11) is 1.34. The molecule has 0 unspecified atom stereocenters. The Labute approximate surface area is 111 Å². The minimum atomic E-state index is -0.289. The third kappa shape index (κ3) is 3.10. The quantitative estimate of drug-likeness (QED) is 0.783. The summed E-state index contributed by atoms with van der Waals surface area (Å²) in [6.07, 6.45) is 1.76. The molecule has 102 valence electrons. The first-order chi connectivity index (χ1) is 9.11. The lowest BCUT2D eigenvalue weighted by atomic mass is 10.0. The fourth-order valence-corrected chi connectivity index (χ4v) is 2.26. The molecule has 0 N–H and O–H groups in total. The van der Waals surface area contributed by atoms with Gasteiger partial charge in [-0.3, -0.25) is 9.59 Å². The van der Waals surface area contributed by atoms with Crippen molar-refractivity contribution in [3.05, 3.63) is 29.6 Å². The van der Waals surface area contributed by atoms with Crippen LogP contribution in [-0.2, 0) is 20.7 Å². The molecule has 0 saturated carbocycles. The first-order valence-corrected chi connectivity index (χ1v) is 6.27. The zero-order chi connectivity index (χ0) is 13.8. The molecule has 0 saturated heterocycles. The van der Waals surface area contributed by atoms with Crippen LogP contribution >= 0.6 is 0 Å². The number of carbonyl (C=O) groups is 2. The van der Waals surface area contributed by atoms with Gasteiger partial charge in [-0.15, -0.1) is 0 Å². The van der Waals surface area contributed by atoms with E-state index in [0.717, 1.165) is 11.3 Å². The van der Waals surface area contributed by atoms with E-state index in [9.17, 15) is 14.0 Å². The molecule has 1 aliphatic rings. The van der Waals surface area contributed by atoms with Crippen LogP contribution in [0, 0.1) is 5.82 Å². The molecule has 0 fully saturated rings. The van der Waals surface area contributed by atoms with Gasteiger partial charge >= 0.3 is 5.97 Å². The highest BCUT2D eigenvalue weighted by molar-refractivity contribution is 5.96. The molecule has 0 aromatic heterocycles. The van der Waals surface area contributed by atoms with Crippen molar-refractivity contribution in [1.82, 2.24) is 0 Å². The Hall–Kier alpha value is -1.91. The second-order valence-electron chi connectivity index (χ2n) is 4.50. The molecule has 1 heterocycles. The molecular formula is C14H16FNO3. The maximum absolute atomic E-state index is 13.2. The van der Waals surface area contributed by atoms with E-state index in [1.165, 1.54) is 19.2 Å². The van der Waals surface area contributed by atoms with Crippen molar-refractivity contribution in [3.8, 4) is 0 Å². The van der Waals surface area contributed by atoms with Crippen LogP contribution in [0.5, 0.6) is 0 Å². The number of fused-ring (bicyclic) bond motifs is 1. The van der Waals surface area contributed by atoms with E-state index in [2.05, 4.69) is 4.74 Å². The standard InChI is InChI=1S/C14H16FNO3/c1-19-14(18)3-2-8-16-12-6-5-11(15)9-10(12)4-7-13(16)17/h5-6,9H,2-4,7-8H2,1H3. The van der Waals surface area contributed by atoms with Crippen LogP contribution in [0.3, 0.4) is 0 Å². The van der Waals surface area contributed by atoms with Gasteiger partial charge in [-0.05, 0) is 36.6 Å². The predicted molar refractivity (Wildman–Crippen MR) is 68.3 cm³/mol. The van der Waals surface area contributed by atoms with Crippen LogP contribution in [-0.4, -0.2) is 25.5 Å². The largest absolute Gasteiger partial charge is 0.469 e. The van der Waals surface area contributed by atoms with E-state index in [1.807, 2.05) is 0 Å². The number of carbonyl (C=O) groups excluding carboxylic acids is 2. The predicted octanol–water partition coefficient (Wildman–Crippen LogP) is 2.06. The highest BCUT2D eigenvalue weighted by Crippen LogP contribution is 2.28. The van der Waals surface area contributed by atoms with Gasteiger partial charge in [0.15, 0.2) is 0 Å². The SMILES string of the molecule is COC(=O)CCCN1C(=O)CCc2cc(F)ccc21. The Morgan fingerprint density at radius 3 is 2.95 bits per heavy atom. The summed E-state index contributed by atoms with van der Waals surface area (Å²) in [5.41, 5.74) is 1.60. The average Bonchev–Trinajstić information content (AvgIpc) is 2.41. The minimum absolute atomic E-state index is 0.0176. The van der Waals surface area contributed by atoms with Gasteiger partial charge in [-0.2, -0.15) is 0 Å². The van der Waals surface area contributed by atoms with Gasteiger partial charge in [-0.1, -0.05) is 0 Å². The molecule has 1 amide bonds. The molecule has 1 aromatic rings. The number of nitrogens with zero attached hydrogens (tertiary/aromatic N) is 1. The molecule has 0 atom stereocenters. The van der Waals surface area contributed by atoms with Crippen LogP contribution in [0.15, 0.2) is 18.2 Å². The molecule has 0 aliphatic carbocycles. The molecule has 0 radical (unpaired) electrons. The Morgan fingerprint density at radius 2 is 2.21 bits per heavy atom. The average molecular weight is 265 g/mol. The molecule has 19 heavy (non-hydrogen) atoms. The Bertz CT molecular complexity index is 501. The number of amides is 1. The monoisotopic (exact) mass is 265 g/mol. The maximum atomic E-state index is 13.2. The summed E-state index contributed by atoms with van der Waals surface area (Å²) in [6, 6.07) is 4.44. The summed E-state index contributed by atoms with van der Waals surface area (Å²) < 4.78 is 17.7. The second kappa shape index (κ2) is 5.82. The number of benzene rings is 1. The summed E-state index contributed by atoms with van der Waals surface area (Å²) in [5, 5.41) is 0. The van der Waals surface area contributed by atoms with Crippen molar-refractivity contribution in [2.24, 2.45) is 0 Å². The number of esters is 1. The molecule has 5 heteroatoms. The van der Waals surface area contributed by atoms with Crippen LogP contribution in [0.1, 0.15) is 24.8 Å². The van der Waals surface area contributed by atoms with Gasteiger partial charge < -0.3 is 9.64 Å². The number of aryl methyl sites for hydroxylation is 1. The lowest BCUT2D eigenvalue weighted by Gasteiger charge is -2.29. The number of hydrogen-bond acceptors (Lipinski definition) is 3. The molecular weight excluding hydrogens is 249 g/mol. The molecule has 4 nitrogen and oxygen atoms in total. The molecule has 1 aromatic carbocycles. The molecule has 1 aliphatic heterocycles. The van der Waals surface area contributed by atoms with Crippen molar-refractivity contribution in [3.63, 3.8) is 0 Å². The first-order valence-electron chi connectivity index (χ1n) is 6.27. The van der Waals surface area contributed by atoms with Gasteiger partial charge in [0, 0.05) is 25.1 Å². The van der Waals surface area contributed by atoms with E-state index in [-0.39, 0.29) is 24.1 Å². The third-order valence-corrected chi connectivity index (χ3v) is 3.23. The van der Waals surface area contributed by atoms with Crippen LogP contribution < -0.4 is 4.90 Å². The van der Waals surface area contributed by atoms with Gasteiger partial charge in [0.1, 0.15) is 5.82 Å². The van der Waals surface area contributed by atoms with Crippen molar-refractivity contribution < 1.29 is 18.7 Å². The summed E-state index contributed by atoms with van der Waals surface area (Å²) in [5.74, 6) is -0.560. The highest BCUT2D eigenvalue weighted by atomic mass is 19.1. The number of methoxy groups -OCH3 is 1. The molecule has 0 spiro atoms. The number of halogens is 1. The first kappa shape index (κ1) is 13.5. The fourth-order valence-electron chi connectivity index (χ4n) is 2.26. The summed E-state index contributed by atoms with van der Waals surface area (Å²) >= 11 is 0. The summed E-state index contributed by atoms with van der Waals surface area (Å²) in [6.45, 7) is 0.451. The third-order valence-electron chi connectivity index (χ3n) is 3.23.